The number of nitrogens with one attached hydrogen (secondary N) is 3. The van der Waals surface area contributed by atoms with Crippen molar-refractivity contribution in [2.45, 2.75) is 13.8 Å². The quantitative estimate of drug-likeness (QED) is 0.661. The van der Waals surface area contributed by atoms with Crippen LogP contribution >= 0.6 is 34.8 Å². The zero-order valence-electron chi connectivity index (χ0n) is 13.5. The number of benzene rings is 2. The summed E-state index contributed by atoms with van der Waals surface area (Å²) in [6, 6.07) is 8.32. The van der Waals surface area contributed by atoms with E-state index >= 15 is 0 Å². The van der Waals surface area contributed by atoms with Gasteiger partial charge in [-0.2, -0.15) is 0 Å². The Morgan fingerprint density at radius 3 is 2.20 bits per heavy atom. The molecule has 0 heterocycles. The Labute approximate surface area is 160 Å². The molecule has 2 amide bonds. The van der Waals surface area contributed by atoms with E-state index in [0.29, 0.717) is 16.3 Å². The van der Waals surface area contributed by atoms with Gasteiger partial charge in [0.2, 0.25) is 0 Å². The van der Waals surface area contributed by atoms with Crippen molar-refractivity contribution in [1.82, 2.24) is 10.7 Å². The maximum Gasteiger partial charge on any atom is 0.257 e. The smallest absolute Gasteiger partial charge is 0.257 e. The number of carbonyl (C=O) groups is 2. The van der Waals surface area contributed by atoms with Gasteiger partial charge in [0, 0.05) is 10.6 Å². The van der Waals surface area contributed by atoms with Crippen molar-refractivity contribution in [3.8, 4) is 0 Å². The molecular weight excluding hydrogens is 385 g/mol. The highest BCUT2D eigenvalue weighted by atomic mass is 35.5. The summed E-state index contributed by atoms with van der Waals surface area (Å²) < 4.78 is 0. The average Bonchev–Trinajstić information content (AvgIpc) is 2.54. The Morgan fingerprint density at radius 1 is 0.960 bits per heavy atom. The molecule has 3 N–H and O–H groups in total. The highest BCUT2D eigenvalue weighted by Gasteiger charge is 2.11. The van der Waals surface area contributed by atoms with Gasteiger partial charge in [0.05, 0.1) is 22.3 Å². The first-order valence-corrected chi connectivity index (χ1v) is 8.46. The SMILES string of the molecule is Cc1ccc(C(=O)NCC(=O)NNc2c(Cl)cc(Cl)cc2Cl)cc1C. The van der Waals surface area contributed by atoms with E-state index in [1.807, 2.05) is 19.9 Å². The lowest BCUT2D eigenvalue weighted by atomic mass is 10.1. The summed E-state index contributed by atoms with van der Waals surface area (Å²) in [4.78, 5) is 23.9. The fourth-order valence-electron chi connectivity index (χ4n) is 1.98. The van der Waals surface area contributed by atoms with Gasteiger partial charge in [-0.25, -0.2) is 0 Å². The zero-order valence-corrected chi connectivity index (χ0v) is 15.8. The molecule has 0 aliphatic rings. The minimum Gasteiger partial charge on any atom is -0.343 e. The Bertz CT molecular complexity index is 802. The number of rotatable bonds is 5. The summed E-state index contributed by atoms with van der Waals surface area (Å²) in [5, 5.41) is 3.45. The number of aryl methyl sites for hydroxylation is 2. The van der Waals surface area contributed by atoms with Gasteiger partial charge in [-0.05, 0) is 49.2 Å². The van der Waals surface area contributed by atoms with Crippen molar-refractivity contribution in [3.63, 3.8) is 0 Å². The minimum atomic E-state index is -0.459. The van der Waals surface area contributed by atoms with Crippen molar-refractivity contribution < 1.29 is 9.59 Å². The third-order valence-corrected chi connectivity index (χ3v) is 4.33. The molecule has 0 saturated heterocycles. The second kappa shape index (κ2) is 8.43. The van der Waals surface area contributed by atoms with Crippen LogP contribution in [0.1, 0.15) is 21.5 Å². The molecule has 0 radical (unpaired) electrons. The van der Waals surface area contributed by atoms with Gasteiger partial charge in [-0.1, -0.05) is 40.9 Å². The summed E-state index contributed by atoms with van der Waals surface area (Å²) in [6.07, 6.45) is 0. The first kappa shape index (κ1) is 19.4. The molecule has 0 atom stereocenters. The number of hydrogen-bond acceptors (Lipinski definition) is 3. The molecule has 2 aromatic rings. The standard InChI is InChI=1S/C17H16Cl3N3O2/c1-9-3-4-11(5-10(9)2)17(25)21-8-15(24)22-23-16-13(19)6-12(18)7-14(16)20/h3-7,23H,8H2,1-2H3,(H,21,25)(H,22,24). The highest BCUT2D eigenvalue weighted by Crippen LogP contribution is 2.32. The maximum absolute atomic E-state index is 12.1. The van der Waals surface area contributed by atoms with E-state index in [1.165, 1.54) is 12.1 Å². The lowest BCUT2D eigenvalue weighted by Gasteiger charge is -2.12. The summed E-state index contributed by atoms with van der Waals surface area (Å²) in [7, 11) is 0. The Balaban J connectivity index is 1.88. The van der Waals surface area contributed by atoms with Crippen molar-refractivity contribution in [3.05, 3.63) is 62.1 Å². The van der Waals surface area contributed by atoms with Crippen LogP contribution in [0.5, 0.6) is 0 Å². The molecule has 0 spiro atoms. The molecule has 0 aliphatic carbocycles. The Kier molecular flexibility index (Phi) is 6.53. The molecule has 0 unspecified atom stereocenters. The largest absolute Gasteiger partial charge is 0.343 e. The third kappa shape index (κ3) is 5.26. The van der Waals surface area contributed by atoms with E-state index < -0.39 is 5.91 Å². The van der Waals surface area contributed by atoms with Gasteiger partial charge in [0.15, 0.2) is 0 Å². The lowest BCUT2D eigenvalue weighted by molar-refractivity contribution is -0.119. The van der Waals surface area contributed by atoms with Crippen LogP contribution in [0.25, 0.3) is 0 Å². The van der Waals surface area contributed by atoms with Crippen LogP contribution in [-0.4, -0.2) is 18.4 Å². The van der Waals surface area contributed by atoms with E-state index in [-0.39, 0.29) is 22.5 Å². The minimum absolute atomic E-state index is 0.207. The number of anilines is 1. The predicted molar refractivity (Wildman–Crippen MR) is 101 cm³/mol. The number of halogens is 3. The summed E-state index contributed by atoms with van der Waals surface area (Å²) >= 11 is 17.8. The highest BCUT2D eigenvalue weighted by molar-refractivity contribution is 6.41. The first-order valence-electron chi connectivity index (χ1n) is 7.33. The number of amides is 2. The fraction of sp³-hybridized carbons (Fsp3) is 0.176. The van der Waals surface area contributed by atoms with Crippen LogP contribution in [0.15, 0.2) is 30.3 Å². The Hall–Kier alpha value is -1.95. The Morgan fingerprint density at radius 2 is 1.60 bits per heavy atom. The van der Waals surface area contributed by atoms with E-state index in [0.717, 1.165) is 11.1 Å². The lowest BCUT2D eigenvalue weighted by Crippen LogP contribution is -2.39. The second-order valence-electron chi connectivity index (χ2n) is 5.40. The van der Waals surface area contributed by atoms with Crippen LogP contribution in [0, 0.1) is 13.8 Å². The van der Waals surface area contributed by atoms with Crippen LogP contribution in [-0.2, 0) is 4.79 Å². The van der Waals surface area contributed by atoms with Crippen LogP contribution < -0.4 is 16.2 Å². The van der Waals surface area contributed by atoms with E-state index in [4.69, 9.17) is 34.8 Å². The molecule has 8 heteroatoms. The molecule has 25 heavy (non-hydrogen) atoms. The first-order chi connectivity index (χ1) is 11.8. The van der Waals surface area contributed by atoms with E-state index in [2.05, 4.69) is 16.2 Å². The monoisotopic (exact) mass is 399 g/mol. The molecular formula is C17H16Cl3N3O2. The van der Waals surface area contributed by atoms with Gasteiger partial charge >= 0.3 is 0 Å². The normalized spacial score (nSPS) is 10.3. The van der Waals surface area contributed by atoms with Gasteiger partial charge in [-0.15, -0.1) is 0 Å². The van der Waals surface area contributed by atoms with E-state index in [1.54, 1.807) is 12.1 Å². The van der Waals surface area contributed by atoms with E-state index in [9.17, 15) is 9.59 Å². The number of hydrogen-bond donors (Lipinski definition) is 3. The van der Waals surface area contributed by atoms with Gasteiger partial charge in [-0.3, -0.25) is 20.4 Å². The molecule has 0 aliphatic heterocycles. The van der Waals surface area contributed by atoms with Crippen LogP contribution in [0.4, 0.5) is 5.69 Å². The molecule has 0 fully saturated rings. The van der Waals surface area contributed by atoms with Crippen molar-refractivity contribution >= 4 is 52.3 Å². The fourth-order valence-corrected chi connectivity index (χ4v) is 2.89. The molecule has 5 nitrogen and oxygen atoms in total. The predicted octanol–water partition coefficient (Wildman–Crippen LogP) is 4.14. The summed E-state index contributed by atoms with van der Waals surface area (Å²) in [5.74, 6) is -0.792. The summed E-state index contributed by atoms with van der Waals surface area (Å²) in [5.41, 5.74) is 7.94. The number of hydrazine groups is 1. The zero-order chi connectivity index (χ0) is 18.6. The van der Waals surface area contributed by atoms with Crippen LogP contribution in [0.2, 0.25) is 15.1 Å². The second-order valence-corrected chi connectivity index (χ2v) is 6.65. The molecule has 2 rings (SSSR count). The molecule has 132 valence electrons. The summed E-state index contributed by atoms with van der Waals surface area (Å²) in [6.45, 7) is 3.67. The molecule has 0 aromatic heterocycles. The van der Waals surface area contributed by atoms with Crippen molar-refractivity contribution in [2.24, 2.45) is 0 Å². The molecule has 0 bridgehead atoms. The maximum atomic E-state index is 12.1. The number of carbonyl (C=O) groups excluding carboxylic acids is 2. The van der Waals surface area contributed by atoms with Gasteiger partial charge in [0.1, 0.15) is 0 Å². The molecule has 0 saturated carbocycles. The van der Waals surface area contributed by atoms with Crippen molar-refractivity contribution in [1.29, 1.82) is 0 Å². The topological polar surface area (TPSA) is 70.2 Å². The third-order valence-electron chi connectivity index (χ3n) is 3.51. The van der Waals surface area contributed by atoms with Crippen LogP contribution in [0.3, 0.4) is 0 Å². The molecule has 2 aromatic carbocycles. The van der Waals surface area contributed by atoms with Crippen molar-refractivity contribution in [2.75, 3.05) is 12.0 Å². The van der Waals surface area contributed by atoms with Gasteiger partial charge < -0.3 is 5.32 Å². The average molecular weight is 401 g/mol. The van der Waals surface area contributed by atoms with Gasteiger partial charge in [0.25, 0.3) is 11.8 Å².